The Hall–Kier alpha value is -0.300. The zero-order valence-electron chi connectivity index (χ0n) is 4.28. The Bertz CT molecular complexity index is 51.0. The summed E-state index contributed by atoms with van der Waals surface area (Å²) in [7, 11) is 0. The summed E-state index contributed by atoms with van der Waals surface area (Å²) in [5.41, 5.74) is 7.88. The van der Waals surface area contributed by atoms with Gasteiger partial charge in [0.1, 0.15) is 0 Å². The third kappa shape index (κ3) is 3.70. The fourth-order valence-electron chi connectivity index (χ4n) is 0.204. The Balaban J connectivity index is 3.14. The van der Waals surface area contributed by atoms with Gasteiger partial charge in [-0.3, -0.25) is 5.73 Å². The summed E-state index contributed by atoms with van der Waals surface area (Å²) in [5.74, 6) is 0. The van der Waals surface area contributed by atoms with Crippen molar-refractivity contribution in [2.45, 2.75) is 13.8 Å². The van der Waals surface area contributed by atoms with Gasteiger partial charge in [0, 0.05) is 6.54 Å². The molecule has 0 bridgehead atoms. The Morgan fingerprint density at radius 1 is 1.67 bits per heavy atom. The molecule has 0 heterocycles. The van der Waals surface area contributed by atoms with Crippen LogP contribution in [0, 0.1) is 0 Å². The highest BCUT2D eigenvalue weighted by Crippen LogP contribution is 1.83. The molecular formula is C5H10N. The van der Waals surface area contributed by atoms with Gasteiger partial charge < -0.3 is 0 Å². The van der Waals surface area contributed by atoms with Crippen molar-refractivity contribution in [2.75, 3.05) is 6.54 Å². The Labute approximate surface area is 38.8 Å². The topological polar surface area (TPSA) is 23.8 Å². The van der Waals surface area contributed by atoms with Crippen LogP contribution in [0.25, 0.3) is 0 Å². The first-order chi connectivity index (χ1) is 2.77. The lowest BCUT2D eigenvalue weighted by Gasteiger charge is -1.79. The number of nitrogens with one attached hydrogen (secondary N) is 1. The van der Waals surface area contributed by atoms with Crippen molar-refractivity contribution in [3.8, 4) is 0 Å². The van der Waals surface area contributed by atoms with Gasteiger partial charge in [-0.15, -0.1) is 0 Å². The highest BCUT2D eigenvalue weighted by molar-refractivity contribution is 4.92. The van der Waals surface area contributed by atoms with Crippen molar-refractivity contribution in [3.63, 3.8) is 0 Å². The first-order valence-electron chi connectivity index (χ1n) is 2.05. The number of allylic oxidation sites excluding steroid dienone is 1. The molecule has 0 rings (SSSR count). The van der Waals surface area contributed by atoms with Crippen molar-refractivity contribution in [3.05, 3.63) is 11.6 Å². The third-order valence-corrected chi connectivity index (χ3v) is 0.510. The fraction of sp³-hybridized carbons (Fsp3) is 0.600. The molecule has 1 nitrogen and oxygen atoms in total. The van der Waals surface area contributed by atoms with E-state index in [1.165, 1.54) is 5.57 Å². The molecule has 0 aromatic rings. The zero-order valence-corrected chi connectivity index (χ0v) is 4.28. The average molecular weight is 84.1 g/mol. The quantitative estimate of drug-likeness (QED) is 0.427. The van der Waals surface area contributed by atoms with E-state index >= 15 is 0 Å². The van der Waals surface area contributed by atoms with Gasteiger partial charge in [-0.25, -0.2) is 0 Å². The average Bonchev–Trinajstić information content (AvgIpc) is 1.35. The van der Waals surface area contributed by atoms with Crippen LogP contribution < -0.4 is 5.73 Å². The molecule has 0 aromatic heterocycles. The lowest BCUT2D eigenvalue weighted by Crippen LogP contribution is -1.75. The van der Waals surface area contributed by atoms with E-state index in [4.69, 9.17) is 5.73 Å². The lowest BCUT2D eigenvalue weighted by atomic mass is 10.3. The van der Waals surface area contributed by atoms with Crippen LogP contribution in [0.5, 0.6) is 0 Å². The van der Waals surface area contributed by atoms with Crippen LogP contribution in [0.3, 0.4) is 0 Å². The summed E-state index contributed by atoms with van der Waals surface area (Å²) in [5, 5.41) is 0. The SMILES string of the molecule is CC(C)=CC[NH]. The van der Waals surface area contributed by atoms with Crippen molar-refractivity contribution in [1.29, 1.82) is 0 Å². The van der Waals surface area contributed by atoms with E-state index in [-0.39, 0.29) is 0 Å². The van der Waals surface area contributed by atoms with Crippen LogP contribution >= 0.6 is 0 Å². The largest absolute Gasteiger partial charge is 0.254 e. The number of hydrogen-bond donors (Lipinski definition) is 0. The molecule has 1 radical (unpaired) electrons. The van der Waals surface area contributed by atoms with E-state index in [0.717, 1.165) is 0 Å². The Morgan fingerprint density at radius 3 is 2.17 bits per heavy atom. The third-order valence-electron chi connectivity index (χ3n) is 0.510. The summed E-state index contributed by atoms with van der Waals surface area (Å²) in [6.45, 7) is 4.41. The summed E-state index contributed by atoms with van der Waals surface area (Å²) < 4.78 is 0. The minimum absolute atomic E-state index is 0.419. The second kappa shape index (κ2) is 2.91. The van der Waals surface area contributed by atoms with E-state index in [9.17, 15) is 0 Å². The number of hydrogen-bond acceptors (Lipinski definition) is 0. The van der Waals surface area contributed by atoms with E-state index in [1.54, 1.807) is 0 Å². The molecule has 0 amide bonds. The minimum atomic E-state index is 0.419. The zero-order chi connectivity index (χ0) is 4.99. The van der Waals surface area contributed by atoms with Crippen LogP contribution in [0.15, 0.2) is 11.6 Å². The summed E-state index contributed by atoms with van der Waals surface area (Å²) in [6, 6.07) is 0. The molecule has 0 saturated carbocycles. The maximum absolute atomic E-state index is 6.66. The smallest absolute Gasteiger partial charge is 0.0283 e. The van der Waals surface area contributed by atoms with Crippen LogP contribution in [-0.2, 0) is 0 Å². The van der Waals surface area contributed by atoms with Crippen LogP contribution in [0.1, 0.15) is 13.8 Å². The molecule has 0 unspecified atom stereocenters. The fourth-order valence-corrected chi connectivity index (χ4v) is 0.204. The van der Waals surface area contributed by atoms with Crippen molar-refractivity contribution < 1.29 is 0 Å². The molecule has 1 N–H and O–H groups in total. The summed E-state index contributed by atoms with van der Waals surface area (Å²) in [4.78, 5) is 0. The minimum Gasteiger partial charge on any atom is -0.254 e. The van der Waals surface area contributed by atoms with E-state index < -0.39 is 0 Å². The van der Waals surface area contributed by atoms with Gasteiger partial charge in [0.05, 0.1) is 0 Å². The first kappa shape index (κ1) is 5.70. The summed E-state index contributed by atoms with van der Waals surface area (Å²) in [6.07, 6.45) is 1.88. The molecule has 0 aliphatic rings. The van der Waals surface area contributed by atoms with Crippen molar-refractivity contribution >= 4 is 0 Å². The maximum atomic E-state index is 6.66. The van der Waals surface area contributed by atoms with E-state index in [2.05, 4.69) is 0 Å². The highest BCUT2D eigenvalue weighted by Gasteiger charge is 1.67. The second-order valence-electron chi connectivity index (χ2n) is 1.49. The van der Waals surface area contributed by atoms with Crippen molar-refractivity contribution in [1.82, 2.24) is 5.73 Å². The van der Waals surface area contributed by atoms with Crippen molar-refractivity contribution in [2.24, 2.45) is 0 Å². The van der Waals surface area contributed by atoms with Crippen LogP contribution in [0.4, 0.5) is 0 Å². The molecule has 0 spiro atoms. The predicted molar refractivity (Wildman–Crippen MR) is 27.4 cm³/mol. The van der Waals surface area contributed by atoms with Crippen LogP contribution in [0.2, 0.25) is 0 Å². The molecule has 0 saturated heterocycles. The summed E-state index contributed by atoms with van der Waals surface area (Å²) >= 11 is 0. The standard InChI is InChI=1S/C5H10N/c1-5(2)3-4-6/h3,6H,4H2,1-2H3. The highest BCUT2D eigenvalue weighted by atomic mass is 14.5. The molecule has 6 heavy (non-hydrogen) atoms. The van der Waals surface area contributed by atoms with Gasteiger partial charge in [-0.1, -0.05) is 11.6 Å². The second-order valence-corrected chi connectivity index (χ2v) is 1.49. The molecule has 0 atom stereocenters. The monoisotopic (exact) mass is 84.1 g/mol. The normalized spacial score (nSPS) is 7.83. The van der Waals surface area contributed by atoms with Gasteiger partial charge in [0.2, 0.25) is 0 Å². The molecule has 0 aliphatic carbocycles. The molecule has 0 aliphatic heterocycles. The molecule has 1 heteroatoms. The molecule has 0 aromatic carbocycles. The van der Waals surface area contributed by atoms with Crippen LogP contribution in [-0.4, -0.2) is 6.54 Å². The maximum Gasteiger partial charge on any atom is 0.0283 e. The van der Waals surface area contributed by atoms with Gasteiger partial charge >= 0.3 is 0 Å². The van der Waals surface area contributed by atoms with Gasteiger partial charge in [-0.2, -0.15) is 0 Å². The lowest BCUT2D eigenvalue weighted by molar-refractivity contribution is 1.16. The predicted octanol–water partition coefficient (Wildman–Crippen LogP) is 1.24. The van der Waals surface area contributed by atoms with E-state index in [1.807, 2.05) is 19.9 Å². The number of rotatable bonds is 1. The van der Waals surface area contributed by atoms with Gasteiger partial charge in [-0.05, 0) is 13.8 Å². The molecule has 35 valence electrons. The Morgan fingerprint density at radius 2 is 2.17 bits per heavy atom. The van der Waals surface area contributed by atoms with Gasteiger partial charge in [0.25, 0.3) is 0 Å². The van der Waals surface area contributed by atoms with E-state index in [0.29, 0.717) is 6.54 Å². The Kier molecular flexibility index (Phi) is 2.77. The molecular weight excluding hydrogens is 74.1 g/mol. The molecule has 0 fully saturated rings. The first-order valence-corrected chi connectivity index (χ1v) is 2.05. The van der Waals surface area contributed by atoms with Gasteiger partial charge in [0.15, 0.2) is 0 Å².